The van der Waals surface area contributed by atoms with Crippen LogP contribution < -0.4 is 5.32 Å². The van der Waals surface area contributed by atoms with E-state index < -0.39 is 5.97 Å². The zero-order chi connectivity index (χ0) is 11.3. The van der Waals surface area contributed by atoms with E-state index in [1.54, 1.807) is 24.3 Å². The van der Waals surface area contributed by atoms with Crippen LogP contribution in [0.25, 0.3) is 0 Å². The van der Waals surface area contributed by atoms with Crippen LogP contribution >= 0.6 is 22.6 Å². The quantitative estimate of drug-likeness (QED) is 0.673. The second-order valence-corrected chi connectivity index (χ2v) is 4.00. The van der Waals surface area contributed by atoms with Crippen molar-refractivity contribution in [3.63, 3.8) is 0 Å². The van der Waals surface area contributed by atoms with Crippen molar-refractivity contribution < 1.29 is 14.3 Å². The first-order valence-electron chi connectivity index (χ1n) is 4.26. The van der Waals surface area contributed by atoms with Crippen LogP contribution in [0.1, 0.15) is 10.4 Å². The zero-order valence-corrected chi connectivity index (χ0v) is 10.3. The molecule has 0 atom stereocenters. The molecule has 0 bridgehead atoms. The highest BCUT2D eigenvalue weighted by molar-refractivity contribution is 14.1. The average molecular weight is 319 g/mol. The number of carbonyl (C=O) groups is 2. The van der Waals surface area contributed by atoms with Crippen LogP contribution in [0, 0.1) is 3.57 Å². The first kappa shape index (κ1) is 12.0. The molecule has 0 unspecified atom stereocenters. The van der Waals surface area contributed by atoms with E-state index in [1.165, 1.54) is 7.05 Å². The predicted molar refractivity (Wildman–Crippen MR) is 63.5 cm³/mol. The lowest BCUT2D eigenvalue weighted by Crippen LogP contribution is -2.25. The number of hydrogen-bond donors (Lipinski definition) is 1. The topological polar surface area (TPSA) is 55.4 Å². The van der Waals surface area contributed by atoms with E-state index in [9.17, 15) is 9.59 Å². The van der Waals surface area contributed by atoms with E-state index in [4.69, 9.17) is 4.74 Å². The van der Waals surface area contributed by atoms with Gasteiger partial charge in [0.05, 0.1) is 5.56 Å². The Bertz CT molecular complexity index is 361. The highest BCUT2D eigenvalue weighted by Gasteiger charge is 2.08. The van der Waals surface area contributed by atoms with Crippen molar-refractivity contribution in [1.29, 1.82) is 0 Å². The molecular weight excluding hydrogens is 309 g/mol. The lowest BCUT2D eigenvalue weighted by Gasteiger charge is -2.03. The van der Waals surface area contributed by atoms with Crippen molar-refractivity contribution in [2.24, 2.45) is 0 Å². The van der Waals surface area contributed by atoms with Gasteiger partial charge in [-0.25, -0.2) is 4.79 Å². The maximum absolute atomic E-state index is 11.4. The number of likely N-dealkylation sites (N-methyl/N-ethyl adjacent to an activating group) is 1. The average Bonchev–Trinajstić information content (AvgIpc) is 2.26. The third-order valence-electron chi connectivity index (χ3n) is 1.69. The summed E-state index contributed by atoms with van der Waals surface area (Å²) in [5.41, 5.74) is 0.444. The normalized spacial score (nSPS) is 9.47. The van der Waals surface area contributed by atoms with E-state index in [2.05, 4.69) is 27.9 Å². The number of rotatable bonds is 3. The molecule has 0 aromatic heterocycles. The molecule has 0 saturated heterocycles. The smallest absolute Gasteiger partial charge is 0.338 e. The van der Waals surface area contributed by atoms with Crippen molar-refractivity contribution in [1.82, 2.24) is 5.32 Å². The lowest BCUT2D eigenvalue weighted by molar-refractivity contribution is -0.123. The van der Waals surface area contributed by atoms with E-state index in [0.29, 0.717) is 5.56 Å². The standard InChI is InChI=1S/C10H10INO3/c1-12-9(13)6-15-10(14)7-2-4-8(11)5-3-7/h2-5H,6H2,1H3,(H,12,13). The fourth-order valence-electron chi connectivity index (χ4n) is 0.873. The molecule has 1 rings (SSSR count). The second-order valence-electron chi connectivity index (χ2n) is 2.76. The Balaban J connectivity index is 2.54. The number of carbonyl (C=O) groups excluding carboxylic acids is 2. The number of amides is 1. The third kappa shape index (κ3) is 3.86. The minimum Gasteiger partial charge on any atom is -0.452 e. The largest absolute Gasteiger partial charge is 0.452 e. The van der Waals surface area contributed by atoms with Gasteiger partial charge in [-0.2, -0.15) is 0 Å². The molecule has 1 N–H and O–H groups in total. The van der Waals surface area contributed by atoms with Crippen LogP contribution in [0.3, 0.4) is 0 Å². The molecule has 1 aromatic rings. The molecular formula is C10H10INO3. The summed E-state index contributed by atoms with van der Waals surface area (Å²) in [6, 6.07) is 6.93. The van der Waals surface area contributed by atoms with Crippen molar-refractivity contribution in [2.45, 2.75) is 0 Å². The van der Waals surface area contributed by atoms with Gasteiger partial charge in [-0.15, -0.1) is 0 Å². The Morgan fingerprint density at radius 3 is 2.47 bits per heavy atom. The van der Waals surface area contributed by atoms with Crippen LogP contribution in [-0.2, 0) is 9.53 Å². The molecule has 0 saturated carbocycles. The fraction of sp³-hybridized carbons (Fsp3) is 0.200. The van der Waals surface area contributed by atoms with Crippen molar-refractivity contribution in [2.75, 3.05) is 13.7 Å². The molecule has 1 amide bonds. The van der Waals surface area contributed by atoms with E-state index in [0.717, 1.165) is 3.57 Å². The SMILES string of the molecule is CNC(=O)COC(=O)c1ccc(I)cc1. The highest BCUT2D eigenvalue weighted by Crippen LogP contribution is 2.07. The van der Waals surface area contributed by atoms with Gasteiger partial charge < -0.3 is 10.1 Å². The summed E-state index contributed by atoms with van der Waals surface area (Å²) in [5, 5.41) is 2.36. The Morgan fingerprint density at radius 2 is 1.93 bits per heavy atom. The molecule has 0 aliphatic carbocycles. The molecule has 0 heterocycles. The number of nitrogens with one attached hydrogen (secondary N) is 1. The maximum atomic E-state index is 11.4. The van der Waals surface area contributed by atoms with Crippen molar-refractivity contribution >= 4 is 34.5 Å². The molecule has 4 nitrogen and oxygen atoms in total. The van der Waals surface area contributed by atoms with Gasteiger partial charge in [0.1, 0.15) is 0 Å². The number of benzene rings is 1. The molecule has 0 spiro atoms. The van der Waals surface area contributed by atoms with E-state index in [-0.39, 0.29) is 12.5 Å². The molecule has 0 aliphatic rings. The Hall–Kier alpha value is -1.11. The van der Waals surface area contributed by atoms with Crippen LogP contribution in [0.15, 0.2) is 24.3 Å². The Kier molecular flexibility index (Phi) is 4.54. The fourth-order valence-corrected chi connectivity index (χ4v) is 1.23. The minimum atomic E-state index is -0.491. The van der Waals surface area contributed by atoms with Crippen LogP contribution in [0.2, 0.25) is 0 Å². The van der Waals surface area contributed by atoms with Crippen molar-refractivity contribution in [3.05, 3.63) is 33.4 Å². The molecule has 0 fully saturated rings. The summed E-state index contributed by atoms with van der Waals surface area (Å²) < 4.78 is 5.80. The molecule has 0 radical (unpaired) electrons. The van der Waals surface area contributed by atoms with Gasteiger partial charge in [-0.05, 0) is 46.9 Å². The Morgan fingerprint density at radius 1 is 1.33 bits per heavy atom. The monoisotopic (exact) mass is 319 g/mol. The summed E-state index contributed by atoms with van der Waals surface area (Å²) in [4.78, 5) is 22.2. The second kappa shape index (κ2) is 5.69. The van der Waals surface area contributed by atoms with Crippen LogP contribution in [-0.4, -0.2) is 25.5 Å². The van der Waals surface area contributed by atoms with Crippen molar-refractivity contribution in [3.8, 4) is 0 Å². The third-order valence-corrected chi connectivity index (χ3v) is 2.41. The van der Waals surface area contributed by atoms with E-state index in [1.807, 2.05) is 0 Å². The molecule has 80 valence electrons. The first-order chi connectivity index (χ1) is 7.13. The summed E-state index contributed by atoms with van der Waals surface area (Å²) in [5.74, 6) is -0.816. The van der Waals surface area contributed by atoms with Gasteiger partial charge in [0.25, 0.3) is 5.91 Å². The number of esters is 1. The summed E-state index contributed by atoms with van der Waals surface area (Å²) in [6.45, 7) is -0.249. The van der Waals surface area contributed by atoms with Gasteiger partial charge in [0.2, 0.25) is 0 Å². The summed E-state index contributed by atoms with van der Waals surface area (Å²) >= 11 is 2.14. The lowest BCUT2D eigenvalue weighted by atomic mass is 10.2. The highest BCUT2D eigenvalue weighted by atomic mass is 127. The Labute approximate surface area is 101 Å². The summed E-state index contributed by atoms with van der Waals surface area (Å²) in [6.07, 6.45) is 0. The predicted octanol–water partition coefficient (Wildman–Crippen LogP) is 1.19. The van der Waals surface area contributed by atoms with Gasteiger partial charge in [-0.1, -0.05) is 0 Å². The van der Waals surface area contributed by atoms with Gasteiger partial charge >= 0.3 is 5.97 Å². The number of ether oxygens (including phenoxy) is 1. The minimum absolute atomic E-state index is 0.249. The number of hydrogen-bond acceptors (Lipinski definition) is 3. The van der Waals surface area contributed by atoms with E-state index >= 15 is 0 Å². The zero-order valence-electron chi connectivity index (χ0n) is 8.12. The van der Waals surface area contributed by atoms with Crippen LogP contribution in [0.4, 0.5) is 0 Å². The summed E-state index contributed by atoms with van der Waals surface area (Å²) in [7, 11) is 1.49. The molecule has 5 heteroatoms. The van der Waals surface area contributed by atoms with Gasteiger partial charge in [0.15, 0.2) is 6.61 Å². The van der Waals surface area contributed by atoms with Gasteiger partial charge in [0, 0.05) is 10.6 Å². The molecule has 15 heavy (non-hydrogen) atoms. The van der Waals surface area contributed by atoms with Crippen LogP contribution in [0.5, 0.6) is 0 Å². The van der Waals surface area contributed by atoms with Gasteiger partial charge in [-0.3, -0.25) is 4.79 Å². The first-order valence-corrected chi connectivity index (χ1v) is 5.34. The number of halogens is 1. The molecule has 1 aromatic carbocycles. The maximum Gasteiger partial charge on any atom is 0.338 e. The molecule has 0 aliphatic heterocycles.